The molecular weight excluding hydrogens is 818 g/mol. The lowest BCUT2D eigenvalue weighted by Gasteiger charge is -2.39. The highest BCUT2D eigenvalue weighted by atomic mass is 16.7. The largest absolute Gasteiger partial charge is 0.507 e. The van der Waals surface area contributed by atoms with E-state index in [4.69, 9.17) is 37.6 Å². The van der Waals surface area contributed by atoms with Gasteiger partial charge in [0.25, 0.3) is 0 Å². The first-order valence-corrected chi connectivity index (χ1v) is 20.0. The number of allylic oxidation sites excluding steroid dienone is 2. The number of unbranched alkanes of at least 4 members (excludes halogenated alkanes) is 1. The van der Waals surface area contributed by atoms with Crippen LogP contribution in [-0.2, 0) is 52.8 Å². The van der Waals surface area contributed by atoms with Crippen molar-refractivity contribution in [2.24, 2.45) is 0 Å². The van der Waals surface area contributed by atoms with Crippen LogP contribution in [0.1, 0.15) is 50.8 Å². The zero-order valence-electron chi connectivity index (χ0n) is 34.6. The van der Waals surface area contributed by atoms with Crippen molar-refractivity contribution >= 4 is 22.9 Å². The summed E-state index contributed by atoms with van der Waals surface area (Å²) in [6, 6.07) is 7.45. The molecular formula is C42H53N3O17. The number of hydrogen-bond donors (Lipinski definition) is 6. The van der Waals surface area contributed by atoms with E-state index in [0.717, 1.165) is 11.6 Å². The highest BCUT2D eigenvalue weighted by Gasteiger charge is 2.44. The van der Waals surface area contributed by atoms with Crippen LogP contribution in [-0.4, -0.2) is 135 Å². The third kappa shape index (κ3) is 12.8. The lowest BCUT2D eigenvalue weighted by molar-refractivity contribution is -0.302. The predicted octanol–water partition coefficient (Wildman–Crippen LogP) is 2.04. The average Bonchev–Trinajstić information content (AvgIpc) is 3.71. The summed E-state index contributed by atoms with van der Waals surface area (Å²) in [4.78, 5) is 39.3. The molecule has 1 saturated heterocycles. The van der Waals surface area contributed by atoms with E-state index in [-0.39, 0.29) is 73.9 Å². The summed E-state index contributed by atoms with van der Waals surface area (Å²) in [6.45, 7) is 4.63. The number of carbonyl (C=O) groups is 2. The number of aromatic nitrogens is 3. The van der Waals surface area contributed by atoms with Crippen molar-refractivity contribution < 1.29 is 77.8 Å². The first kappa shape index (κ1) is 47.6. The van der Waals surface area contributed by atoms with Gasteiger partial charge in [0.05, 0.1) is 72.3 Å². The molecule has 5 rings (SSSR count). The van der Waals surface area contributed by atoms with Crippen LogP contribution in [0.25, 0.3) is 22.3 Å². The second-order valence-corrected chi connectivity index (χ2v) is 14.5. The molecule has 1 aliphatic heterocycles. The van der Waals surface area contributed by atoms with Crippen molar-refractivity contribution in [3.05, 3.63) is 69.7 Å². The first-order valence-electron chi connectivity index (χ1n) is 20.0. The zero-order valence-corrected chi connectivity index (χ0v) is 34.6. The Hall–Kier alpha value is -5.45. The lowest BCUT2D eigenvalue weighted by Crippen LogP contribution is -2.59. The van der Waals surface area contributed by atoms with Gasteiger partial charge in [-0.05, 0) is 57.4 Å². The van der Waals surface area contributed by atoms with E-state index >= 15 is 0 Å². The van der Waals surface area contributed by atoms with Gasteiger partial charge in [-0.1, -0.05) is 16.9 Å². The Kier molecular flexibility index (Phi) is 17.8. The number of fused-ring (bicyclic) bond motifs is 1. The number of rotatable bonds is 23. The molecule has 0 amide bonds. The van der Waals surface area contributed by atoms with Crippen molar-refractivity contribution in [3.8, 4) is 34.3 Å². The Balaban J connectivity index is 1.01. The number of methoxy groups -OCH3 is 1. The van der Waals surface area contributed by atoms with Crippen molar-refractivity contribution in [1.82, 2.24) is 15.0 Å². The number of phenols is 2. The minimum atomic E-state index is -1.52. The molecule has 6 N–H and O–H groups in total. The normalized spacial score (nSPS) is 18.7. The summed E-state index contributed by atoms with van der Waals surface area (Å²) >= 11 is 0. The summed E-state index contributed by atoms with van der Waals surface area (Å²) < 4.78 is 45.5. The van der Waals surface area contributed by atoms with E-state index < -0.39 is 72.6 Å². The number of ether oxygens (including phenoxy) is 7. The molecule has 0 unspecified atom stereocenters. The molecule has 0 bridgehead atoms. The van der Waals surface area contributed by atoms with Crippen LogP contribution >= 0.6 is 0 Å². The zero-order chi connectivity index (χ0) is 44.8. The van der Waals surface area contributed by atoms with Crippen LogP contribution in [0.2, 0.25) is 0 Å². The summed E-state index contributed by atoms with van der Waals surface area (Å²) in [5.41, 5.74) is 1.21. The van der Waals surface area contributed by atoms with Gasteiger partial charge in [-0.15, -0.1) is 5.10 Å². The second-order valence-electron chi connectivity index (χ2n) is 14.5. The number of benzene rings is 2. The number of aromatic hydroxyl groups is 2. The maximum Gasteiger partial charge on any atom is 0.312 e. The fraction of sp³-hybridized carbons (Fsp3) is 0.500. The number of phenolic OH excluding ortho intramolecular Hbond substituents is 2. The quantitative estimate of drug-likeness (QED) is 0.0353. The van der Waals surface area contributed by atoms with Crippen molar-refractivity contribution in [2.75, 3.05) is 46.8 Å². The summed E-state index contributed by atoms with van der Waals surface area (Å²) in [5.74, 6) is -2.51. The Bertz CT molecular complexity index is 2180. The number of aliphatic hydroxyl groups excluding tert-OH is 4. The second kappa shape index (κ2) is 23.1. The number of nitrogens with zero attached hydrogens (tertiary/aromatic N) is 3. The molecule has 2 aromatic heterocycles. The topological polar surface area (TPSA) is 281 Å². The molecule has 2 aromatic carbocycles. The number of hydrogen-bond acceptors (Lipinski definition) is 19. The standard InChI is InChI=1S/C42H53N3O17/c1-24(2)6-11-28-29(47)20-30(48)34-36(52)41(39(62-40(28)34)25-7-9-27(55-3)10-8-25)61-33(50)13-12-32(49)58-16-5-4-15-57-23-26-21-45(44-43-26)14-17-56-18-19-59-42-38(54)37(53)35(51)31(22-46)60-42/h6-10,20-21,31,35,37-38,42,46-48,51,53-54H,4-5,11-19,22-23H2,1-3H3/t31-,35-,37+,38-,42-/m1/s1. The van der Waals surface area contributed by atoms with Crippen molar-refractivity contribution in [3.63, 3.8) is 0 Å². The van der Waals surface area contributed by atoms with E-state index in [0.29, 0.717) is 43.0 Å². The van der Waals surface area contributed by atoms with Crippen LogP contribution in [0.4, 0.5) is 0 Å². The Morgan fingerprint density at radius 1 is 0.903 bits per heavy atom. The third-order valence-electron chi connectivity index (χ3n) is 9.60. The van der Waals surface area contributed by atoms with Gasteiger partial charge in [0, 0.05) is 23.8 Å². The van der Waals surface area contributed by atoms with Crippen LogP contribution in [0, 0.1) is 0 Å². The minimum Gasteiger partial charge on any atom is -0.507 e. The molecule has 0 saturated carbocycles. The van der Waals surface area contributed by atoms with Gasteiger partial charge in [0.1, 0.15) is 58.3 Å². The van der Waals surface area contributed by atoms with Crippen LogP contribution < -0.4 is 14.9 Å². The summed E-state index contributed by atoms with van der Waals surface area (Å²) in [6.07, 6.45) is -2.74. The van der Waals surface area contributed by atoms with Gasteiger partial charge in [-0.25, -0.2) is 4.68 Å². The summed E-state index contributed by atoms with van der Waals surface area (Å²) in [5, 5.41) is 68.1. The Morgan fingerprint density at radius 3 is 2.37 bits per heavy atom. The molecule has 5 atom stereocenters. The van der Waals surface area contributed by atoms with E-state index in [1.165, 1.54) is 7.11 Å². The lowest BCUT2D eigenvalue weighted by atomic mass is 9.99. The highest BCUT2D eigenvalue weighted by molar-refractivity contribution is 5.92. The predicted molar refractivity (Wildman–Crippen MR) is 216 cm³/mol. The molecule has 20 nitrogen and oxygen atoms in total. The monoisotopic (exact) mass is 871 g/mol. The molecule has 0 radical (unpaired) electrons. The first-order chi connectivity index (χ1) is 29.8. The molecule has 3 heterocycles. The van der Waals surface area contributed by atoms with Crippen LogP contribution in [0.5, 0.6) is 23.0 Å². The van der Waals surface area contributed by atoms with E-state index in [1.54, 1.807) is 35.1 Å². The van der Waals surface area contributed by atoms with Crippen molar-refractivity contribution in [2.45, 2.75) is 89.8 Å². The van der Waals surface area contributed by atoms with Gasteiger partial charge in [-0.3, -0.25) is 14.4 Å². The molecule has 62 heavy (non-hydrogen) atoms. The molecule has 1 fully saturated rings. The average molecular weight is 872 g/mol. The Labute approximate surface area is 355 Å². The van der Waals surface area contributed by atoms with Crippen LogP contribution in [0.15, 0.2) is 57.4 Å². The summed E-state index contributed by atoms with van der Waals surface area (Å²) in [7, 11) is 1.49. The molecule has 0 spiro atoms. The maximum absolute atomic E-state index is 13.9. The van der Waals surface area contributed by atoms with E-state index in [2.05, 4.69) is 10.3 Å². The highest BCUT2D eigenvalue weighted by Crippen LogP contribution is 2.39. The van der Waals surface area contributed by atoms with E-state index in [9.17, 15) is 45.0 Å². The third-order valence-corrected chi connectivity index (χ3v) is 9.60. The molecule has 20 heteroatoms. The molecule has 4 aromatic rings. The molecule has 0 aliphatic carbocycles. The minimum absolute atomic E-state index is 0.0223. The number of carbonyl (C=O) groups excluding carboxylic acids is 2. The van der Waals surface area contributed by atoms with E-state index in [1.807, 2.05) is 19.9 Å². The van der Waals surface area contributed by atoms with Gasteiger partial charge in [-0.2, -0.15) is 0 Å². The van der Waals surface area contributed by atoms with Gasteiger partial charge in [0.15, 0.2) is 12.1 Å². The smallest absolute Gasteiger partial charge is 0.312 e. The van der Waals surface area contributed by atoms with Gasteiger partial charge >= 0.3 is 11.9 Å². The Morgan fingerprint density at radius 2 is 1.65 bits per heavy atom. The maximum atomic E-state index is 13.9. The number of esters is 2. The fourth-order valence-corrected chi connectivity index (χ4v) is 6.21. The fourth-order valence-electron chi connectivity index (χ4n) is 6.21. The molecule has 338 valence electrons. The van der Waals surface area contributed by atoms with Gasteiger partial charge in [0.2, 0.25) is 11.2 Å². The van der Waals surface area contributed by atoms with Crippen molar-refractivity contribution in [1.29, 1.82) is 0 Å². The van der Waals surface area contributed by atoms with Gasteiger partial charge < -0.3 is 68.2 Å². The van der Waals surface area contributed by atoms with Crippen LogP contribution in [0.3, 0.4) is 0 Å². The number of aliphatic hydroxyl groups is 4. The SMILES string of the molecule is COc1ccc(-c2oc3c(CC=C(C)C)c(O)cc(O)c3c(=O)c2OC(=O)CCC(=O)OCCCCOCc2cn(CCOCCO[C@@H]3O[C@H](CO)[C@@H](O)[C@H](O)[C@H]3O)nn2)cc1. The molecule has 1 aliphatic rings.